The Morgan fingerprint density at radius 2 is 2.00 bits per heavy atom. The van der Waals surface area contributed by atoms with E-state index in [0.717, 1.165) is 51.4 Å². The second-order valence-corrected chi connectivity index (χ2v) is 11.1. The van der Waals surface area contributed by atoms with E-state index in [1.54, 1.807) is 11.0 Å². The van der Waals surface area contributed by atoms with Gasteiger partial charge < -0.3 is 19.8 Å². The second kappa shape index (κ2) is 8.22. The molecule has 5 heteroatoms. The molecule has 0 aromatic rings. The van der Waals surface area contributed by atoms with E-state index in [4.69, 9.17) is 4.74 Å². The first kappa shape index (κ1) is 22.8. The largest absolute Gasteiger partial charge is 0.450 e. The van der Waals surface area contributed by atoms with Crippen molar-refractivity contribution in [3.63, 3.8) is 0 Å². The number of hydrogen-bond donors (Lipinski definition) is 2. The van der Waals surface area contributed by atoms with Crippen molar-refractivity contribution < 1.29 is 19.7 Å². The second-order valence-electron chi connectivity index (χ2n) is 11.1. The number of aliphatic hydroxyl groups excluding tert-OH is 1. The Hall–Kier alpha value is -1.33. The van der Waals surface area contributed by atoms with E-state index < -0.39 is 5.60 Å². The van der Waals surface area contributed by atoms with Crippen LogP contribution in [0.4, 0.5) is 4.79 Å². The molecule has 3 saturated carbocycles. The van der Waals surface area contributed by atoms with Gasteiger partial charge in [-0.2, -0.15) is 0 Å². The Kier molecular flexibility index (Phi) is 6.06. The lowest BCUT2D eigenvalue weighted by Crippen LogP contribution is -2.58. The highest BCUT2D eigenvalue weighted by atomic mass is 16.6. The molecule has 0 heterocycles. The summed E-state index contributed by atoms with van der Waals surface area (Å²) in [6, 6.07) is 0. The van der Waals surface area contributed by atoms with E-state index in [9.17, 15) is 15.0 Å². The van der Waals surface area contributed by atoms with Crippen molar-refractivity contribution in [1.82, 2.24) is 4.90 Å². The number of amides is 1. The molecular formula is C26H41NO4. The van der Waals surface area contributed by atoms with Gasteiger partial charge in [0.1, 0.15) is 0 Å². The number of nitrogens with zero attached hydrogens (tertiary/aromatic N) is 1. The lowest BCUT2D eigenvalue weighted by molar-refractivity contribution is -0.132. The number of rotatable bonds is 5. The zero-order valence-corrected chi connectivity index (χ0v) is 19.6. The molecule has 4 aliphatic rings. The topological polar surface area (TPSA) is 70.0 Å². The van der Waals surface area contributed by atoms with Crippen LogP contribution in [0.2, 0.25) is 0 Å². The van der Waals surface area contributed by atoms with Crippen LogP contribution < -0.4 is 0 Å². The van der Waals surface area contributed by atoms with Crippen molar-refractivity contribution in [2.45, 2.75) is 83.8 Å². The monoisotopic (exact) mass is 431 g/mol. The fourth-order valence-electron chi connectivity index (χ4n) is 7.90. The van der Waals surface area contributed by atoms with Gasteiger partial charge in [-0.3, -0.25) is 0 Å². The summed E-state index contributed by atoms with van der Waals surface area (Å²) in [7, 11) is 0. The molecule has 2 N–H and O–H groups in total. The molecule has 31 heavy (non-hydrogen) atoms. The predicted molar refractivity (Wildman–Crippen MR) is 121 cm³/mol. The summed E-state index contributed by atoms with van der Waals surface area (Å²) in [6.45, 7) is 11.3. The van der Waals surface area contributed by atoms with Crippen LogP contribution in [0.15, 0.2) is 24.3 Å². The maximum atomic E-state index is 12.5. The molecule has 3 fully saturated rings. The number of aliphatic hydroxyl groups is 2. The van der Waals surface area contributed by atoms with Crippen molar-refractivity contribution >= 4 is 6.09 Å². The van der Waals surface area contributed by atoms with Gasteiger partial charge in [0.25, 0.3) is 0 Å². The van der Waals surface area contributed by atoms with Crippen molar-refractivity contribution in [2.75, 3.05) is 19.7 Å². The molecule has 0 saturated heterocycles. The zero-order valence-electron chi connectivity index (χ0n) is 19.6. The molecular weight excluding hydrogens is 390 g/mol. The van der Waals surface area contributed by atoms with Crippen LogP contribution in [-0.4, -0.2) is 52.6 Å². The summed E-state index contributed by atoms with van der Waals surface area (Å²) in [5, 5.41) is 22.2. The molecule has 0 radical (unpaired) electrons. The lowest BCUT2D eigenvalue weighted by atomic mass is 9.47. The third-order valence-electron chi connectivity index (χ3n) is 9.73. The normalized spacial score (nSPS) is 43.8. The van der Waals surface area contributed by atoms with Gasteiger partial charge in [0.05, 0.1) is 24.9 Å². The van der Waals surface area contributed by atoms with Crippen LogP contribution in [0.5, 0.6) is 0 Å². The highest BCUT2D eigenvalue weighted by Crippen LogP contribution is 2.67. The number of carbonyl (C=O) groups is 1. The number of hydrogen-bond acceptors (Lipinski definition) is 4. The summed E-state index contributed by atoms with van der Waals surface area (Å²) in [6.07, 6.45) is 11.3. The molecule has 174 valence electrons. The molecule has 1 amide bonds. The van der Waals surface area contributed by atoms with Crippen molar-refractivity contribution in [2.24, 2.45) is 28.6 Å². The van der Waals surface area contributed by atoms with Gasteiger partial charge in [0, 0.05) is 12.0 Å². The molecule has 0 aromatic carbocycles. The molecule has 0 aliphatic heterocycles. The lowest BCUT2D eigenvalue weighted by Gasteiger charge is -2.59. The van der Waals surface area contributed by atoms with Gasteiger partial charge >= 0.3 is 6.09 Å². The first-order valence-electron chi connectivity index (χ1n) is 12.3. The summed E-state index contributed by atoms with van der Waals surface area (Å²) in [5.74, 6) is 1.67. The fraction of sp³-hybridized carbons (Fsp3) is 0.808. The van der Waals surface area contributed by atoms with Crippen molar-refractivity contribution in [1.29, 1.82) is 0 Å². The van der Waals surface area contributed by atoms with E-state index in [1.165, 1.54) is 5.57 Å². The minimum absolute atomic E-state index is 0.181. The number of fused-ring (bicyclic) bond motifs is 5. The van der Waals surface area contributed by atoms with E-state index in [2.05, 4.69) is 26.5 Å². The molecule has 7 atom stereocenters. The SMILES string of the molecule is C=CCN(C[C@]1(O)CC[C@H]2[C@@H]3CC=C4C[C@@H](O)CC[C@]4(C)[C@H]3CC[C@@]21C)C(=O)OCC. The first-order valence-corrected chi connectivity index (χ1v) is 12.3. The Labute approximate surface area is 187 Å². The maximum Gasteiger partial charge on any atom is 0.410 e. The van der Waals surface area contributed by atoms with Gasteiger partial charge in [-0.05, 0) is 81.5 Å². The van der Waals surface area contributed by atoms with Crippen LogP contribution in [0.25, 0.3) is 0 Å². The Morgan fingerprint density at radius 1 is 1.26 bits per heavy atom. The molecule has 4 rings (SSSR count). The minimum Gasteiger partial charge on any atom is -0.450 e. The summed E-state index contributed by atoms with van der Waals surface area (Å²) in [5.41, 5.74) is 0.579. The standard InChI is InChI=1S/C26H41NO4/c1-5-15-27(23(29)31-6-2)17-26(30)14-11-22-20-8-7-18-16-19(28)9-12-24(18,3)21(20)10-13-25(22,26)4/h5,7,19-22,28,30H,1,6,8-17H2,2-4H3/t19-,20+,21-,22-,24-,25-,26+/m0/s1. The molecule has 0 spiro atoms. The summed E-state index contributed by atoms with van der Waals surface area (Å²) in [4.78, 5) is 14.1. The van der Waals surface area contributed by atoms with E-state index in [1.807, 2.05) is 6.92 Å². The van der Waals surface area contributed by atoms with E-state index >= 15 is 0 Å². The van der Waals surface area contributed by atoms with E-state index in [-0.39, 0.29) is 23.0 Å². The number of allylic oxidation sites excluding steroid dienone is 1. The van der Waals surface area contributed by atoms with Crippen LogP contribution in [-0.2, 0) is 4.74 Å². The number of carbonyl (C=O) groups excluding carboxylic acids is 1. The Balaban J connectivity index is 1.58. The van der Waals surface area contributed by atoms with Crippen LogP contribution in [0, 0.1) is 28.6 Å². The van der Waals surface area contributed by atoms with Crippen LogP contribution in [0.3, 0.4) is 0 Å². The third-order valence-corrected chi connectivity index (χ3v) is 9.73. The zero-order chi connectivity index (χ0) is 22.4. The third kappa shape index (κ3) is 3.56. The van der Waals surface area contributed by atoms with Gasteiger partial charge in [0.2, 0.25) is 0 Å². The van der Waals surface area contributed by atoms with E-state index in [0.29, 0.717) is 37.5 Å². The Morgan fingerprint density at radius 3 is 2.71 bits per heavy atom. The molecule has 5 nitrogen and oxygen atoms in total. The van der Waals surface area contributed by atoms with Gasteiger partial charge in [-0.25, -0.2) is 4.79 Å². The maximum absolute atomic E-state index is 12.5. The van der Waals surface area contributed by atoms with Crippen LogP contribution >= 0.6 is 0 Å². The van der Waals surface area contributed by atoms with Gasteiger partial charge in [0.15, 0.2) is 0 Å². The van der Waals surface area contributed by atoms with Gasteiger partial charge in [-0.1, -0.05) is 31.6 Å². The number of ether oxygens (including phenoxy) is 1. The fourth-order valence-corrected chi connectivity index (χ4v) is 7.90. The highest BCUT2D eigenvalue weighted by Gasteiger charge is 2.64. The first-order chi connectivity index (χ1) is 14.7. The highest BCUT2D eigenvalue weighted by molar-refractivity contribution is 5.68. The molecule has 0 unspecified atom stereocenters. The van der Waals surface area contributed by atoms with Crippen LogP contribution in [0.1, 0.15) is 72.1 Å². The minimum atomic E-state index is -0.897. The molecule has 0 aromatic heterocycles. The predicted octanol–water partition coefficient (Wildman–Crippen LogP) is 4.69. The summed E-state index contributed by atoms with van der Waals surface area (Å²) >= 11 is 0. The molecule has 0 bridgehead atoms. The van der Waals surface area contributed by atoms with Crippen molar-refractivity contribution in [3.8, 4) is 0 Å². The molecule has 4 aliphatic carbocycles. The average Bonchev–Trinajstić information content (AvgIpc) is 2.99. The van der Waals surface area contributed by atoms with Gasteiger partial charge in [-0.15, -0.1) is 6.58 Å². The summed E-state index contributed by atoms with van der Waals surface area (Å²) < 4.78 is 5.25. The smallest absolute Gasteiger partial charge is 0.410 e. The Bertz CT molecular complexity index is 750. The van der Waals surface area contributed by atoms with Crippen molar-refractivity contribution in [3.05, 3.63) is 24.3 Å². The quantitative estimate of drug-likeness (QED) is 0.620. The average molecular weight is 432 g/mol.